The summed E-state index contributed by atoms with van der Waals surface area (Å²) in [5.41, 5.74) is 4.24. The first-order chi connectivity index (χ1) is 10.3. The molecule has 0 radical (unpaired) electrons. The molecule has 0 heterocycles. The van der Waals surface area contributed by atoms with Crippen molar-refractivity contribution < 1.29 is 14.7 Å². The molecule has 0 aliphatic rings. The Hall–Kier alpha value is -2.04. The number of urea groups is 1. The Bertz CT molecular complexity index is 530. The van der Waals surface area contributed by atoms with Crippen molar-refractivity contribution in [3.8, 4) is 0 Å². The second-order valence-electron chi connectivity index (χ2n) is 5.72. The molecule has 5 nitrogen and oxygen atoms in total. The first-order valence-corrected chi connectivity index (χ1v) is 7.67. The smallest absolute Gasteiger partial charge is 0.321 e. The molecule has 0 spiro atoms. The number of hydrogen-bond donors (Lipinski definition) is 2. The third-order valence-electron chi connectivity index (χ3n) is 3.76. The lowest BCUT2D eigenvalue weighted by Gasteiger charge is -2.22. The second kappa shape index (κ2) is 7.82. The van der Waals surface area contributed by atoms with Gasteiger partial charge in [-0.15, -0.1) is 0 Å². The number of carboxylic acid groups (broad SMARTS) is 1. The molecular weight excluding hydrogens is 280 g/mol. The van der Waals surface area contributed by atoms with E-state index in [0.29, 0.717) is 0 Å². The van der Waals surface area contributed by atoms with Gasteiger partial charge in [0.25, 0.3) is 0 Å². The summed E-state index contributed by atoms with van der Waals surface area (Å²) >= 11 is 0. The Balaban J connectivity index is 2.94. The molecule has 0 aromatic heterocycles. The van der Waals surface area contributed by atoms with Crippen molar-refractivity contribution in [2.45, 2.75) is 40.5 Å². The number of benzene rings is 1. The number of hydrogen-bond acceptors (Lipinski definition) is 2. The van der Waals surface area contributed by atoms with Gasteiger partial charge in [-0.1, -0.05) is 38.5 Å². The van der Waals surface area contributed by atoms with Crippen LogP contribution in [0, 0.1) is 12.8 Å². The molecule has 0 fully saturated rings. The summed E-state index contributed by atoms with van der Waals surface area (Å²) in [6.45, 7) is 7.92. The van der Waals surface area contributed by atoms with Crippen molar-refractivity contribution >= 4 is 17.7 Å². The van der Waals surface area contributed by atoms with Crippen LogP contribution in [0.1, 0.15) is 37.5 Å². The number of carboxylic acids is 1. The Morgan fingerprint density at radius 1 is 1.23 bits per heavy atom. The van der Waals surface area contributed by atoms with Crippen LogP contribution < -0.4 is 5.32 Å². The number of carbonyl (C=O) groups excluding carboxylic acids is 1. The highest BCUT2D eigenvalue weighted by Gasteiger charge is 2.19. The zero-order valence-corrected chi connectivity index (χ0v) is 14.1. The van der Waals surface area contributed by atoms with E-state index in [2.05, 4.69) is 31.3 Å². The molecule has 1 rings (SSSR count). The molecule has 2 amide bonds. The van der Waals surface area contributed by atoms with Gasteiger partial charge in [0.1, 0.15) is 0 Å². The molecule has 1 aromatic rings. The van der Waals surface area contributed by atoms with E-state index in [1.807, 2.05) is 6.92 Å². The predicted molar refractivity (Wildman–Crippen MR) is 88.4 cm³/mol. The fraction of sp³-hybridized carbons (Fsp3) is 0.529. The van der Waals surface area contributed by atoms with Crippen LogP contribution in [-0.2, 0) is 17.6 Å². The van der Waals surface area contributed by atoms with E-state index in [9.17, 15) is 9.59 Å². The van der Waals surface area contributed by atoms with Gasteiger partial charge in [-0.2, -0.15) is 0 Å². The number of amides is 2. The lowest BCUT2D eigenvalue weighted by molar-refractivity contribution is -0.141. The first-order valence-electron chi connectivity index (χ1n) is 7.67. The highest BCUT2D eigenvalue weighted by atomic mass is 16.4. The minimum atomic E-state index is -0.904. The van der Waals surface area contributed by atoms with Crippen LogP contribution >= 0.6 is 0 Å². The van der Waals surface area contributed by atoms with E-state index in [4.69, 9.17) is 5.11 Å². The lowest BCUT2D eigenvalue weighted by Crippen LogP contribution is -2.37. The van der Waals surface area contributed by atoms with Crippen molar-refractivity contribution in [1.29, 1.82) is 0 Å². The molecule has 5 heteroatoms. The highest BCUT2D eigenvalue weighted by Crippen LogP contribution is 2.25. The molecule has 1 unspecified atom stereocenters. The summed E-state index contributed by atoms with van der Waals surface area (Å²) in [6.07, 6.45) is 1.67. The molecule has 0 saturated heterocycles. The third kappa shape index (κ3) is 4.48. The SMILES string of the molecule is CCc1cc(C)cc(CC)c1NC(=O)N(C)CC(C)C(=O)O. The number of aliphatic carboxylic acids is 1. The van der Waals surface area contributed by atoms with Crippen molar-refractivity contribution in [1.82, 2.24) is 4.90 Å². The van der Waals surface area contributed by atoms with Gasteiger partial charge < -0.3 is 15.3 Å². The van der Waals surface area contributed by atoms with Crippen molar-refractivity contribution in [3.05, 3.63) is 28.8 Å². The van der Waals surface area contributed by atoms with E-state index < -0.39 is 11.9 Å². The quantitative estimate of drug-likeness (QED) is 0.847. The summed E-state index contributed by atoms with van der Waals surface area (Å²) in [5.74, 6) is -1.50. The van der Waals surface area contributed by atoms with Crippen LogP contribution in [0.4, 0.5) is 10.5 Å². The van der Waals surface area contributed by atoms with Crippen LogP contribution in [0.3, 0.4) is 0 Å². The summed E-state index contributed by atoms with van der Waals surface area (Å²) < 4.78 is 0. The summed E-state index contributed by atoms with van der Waals surface area (Å²) in [4.78, 5) is 24.6. The second-order valence-corrected chi connectivity index (χ2v) is 5.72. The largest absolute Gasteiger partial charge is 0.481 e. The Kier molecular flexibility index (Phi) is 6.40. The van der Waals surface area contributed by atoms with Gasteiger partial charge >= 0.3 is 12.0 Å². The Morgan fingerprint density at radius 3 is 2.14 bits per heavy atom. The van der Waals surface area contributed by atoms with Crippen molar-refractivity contribution in [2.24, 2.45) is 5.92 Å². The first kappa shape index (κ1) is 18.0. The molecule has 22 heavy (non-hydrogen) atoms. The average Bonchev–Trinajstić information content (AvgIpc) is 2.47. The summed E-state index contributed by atoms with van der Waals surface area (Å²) in [7, 11) is 1.61. The van der Waals surface area contributed by atoms with Crippen LogP contribution in [0.25, 0.3) is 0 Å². The molecule has 122 valence electrons. The molecule has 0 aliphatic heterocycles. The van der Waals surface area contributed by atoms with Crippen LogP contribution in [-0.4, -0.2) is 35.6 Å². The standard InChI is InChI=1S/C17H26N2O3/c1-6-13-8-11(3)9-14(7-2)15(13)18-17(22)19(5)10-12(4)16(20)21/h8-9,12H,6-7,10H2,1-5H3,(H,18,22)(H,20,21). The number of carbonyl (C=O) groups is 2. The fourth-order valence-electron chi connectivity index (χ4n) is 2.43. The molecule has 1 aromatic carbocycles. The molecule has 2 N–H and O–H groups in total. The average molecular weight is 306 g/mol. The Labute approximate surface area is 132 Å². The van der Waals surface area contributed by atoms with Gasteiger partial charge in [0.05, 0.1) is 5.92 Å². The van der Waals surface area contributed by atoms with E-state index in [1.165, 1.54) is 10.5 Å². The van der Waals surface area contributed by atoms with Crippen LogP contribution in [0.2, 0.25) is 0 Å². The van der Waals surface area contributed by atoms with Crippen LogP contribution in [0.15, 0.2) is 12.1 Å². The Morgan fingerprint density at radius 2 is 1.73 bits per heavy atom. The predicted octanol–water partition coefficient (Wildman–Crippen LogP) is 3.30. The van der Waals surface area contributed by atoms with Gasteiger partial charge in [0.15, 0.2) is 0 Å². The van der Waals surface area contributed by atoms with Crippen molar-refractivity contribution in [2.75, 3.05) is 18.9 Å². The minimum Gasteiger partial charge on any atom is -0.481 e. The molecular formula is C17H26N2O3. The number of rotatable bonds is 6. The molecule has 0 saturated carbocycles. The maximum atomic E-state index is 12.3. The summed E-state index contributed by atoms with van der Waals surface area (Å²) in [5, 5.41) is 11.9. The number of anilines is 1. The number of nitrogens with one attached hydrogen (secondary N) is 1. The topological polar surface area (TPSA) is 69.6 Å². The lowest BCUT2D eigenvalue weighted by atomic mass is 10.00. The molecule has 0 bridgehead atoms. The van der Waals surface area contributed by atoms with Gasteiger partial charge in [0, 0.05) is 19.3 Å². The maximum Gasteiger partial charge on any atom is 0.321 e. The van der Waals surface area contributed by atoms with E-state index in [-0.39, 0.29) is 12.6 Å². The molecule has 1 atom stereocenters. The van der Waals surface area contributed by atoms with Gasteiger partial charge in [-0.3, -0.25) is 4.79 Å². The fourth-order valence-corrected chi connectivity index (χ4v) is 2.43. The van der Waals surface area contributed by atoms with Gasteiger partial charge in [-0.25, -0.2) is 4.79 Å². The van der Waals surface area contributed by atoms with E-state index >= 15 is 0 Å². The highest BCUT2D eigenvalue weighted by molar-refractivity contribution is 5.91. The van der Waals surface area contributed by atoms with Crippen molar-refractivity contribution in [3.63, 3.8) is 0 Å². The zero-order chi connectivity index (χ0) is 16.9. The maximum absolute atomic E-state index is 12.3. The van der Waals surface area contributed by atoms with Gasteiger partial charge in [-0.05, 0) is 30.9 Å². The number of aryl methyl sites for hydroxylation is 3. The third-order valence-corrected chi connectivity index (χ3v) is 3.76. The van der Waals surface area contributed by atoms with Gasteiger partial charge in [0.2, 0.25) is 0 Å². The minimum absolute atomic E-state index is 0.177. The molecule has 0 aliphatic carbocycles. The number of nitrogens with zero attached hydrogens (tertiary/aromatic N) is 1. The normalized spacial score (nSPS) is 11.9. The van der Waals surface area contributed by atoms with E-state index in [1.54, 1.807) is 14.0 Å². The van der Waals surface area contributed by atoms with Crippen LogP contribution in [0.5, 0.6) is 0 Å². The van der Waals surface area contributed by atoms with E-state index in [0.717, 1.165) is 29.7 Å². The zero-order valence-electron chi connectivity index (χ0n) is 14.1. The monoisotopic (exact) mass is 306 g/mol. The summed E-state index contributed by atoms with van der Waals surface area (Å²) in [6, 6.07) is 3.88.